The molecule has 13 heteroatoms. The zero-order valence-corrected chi connectivity index (χ0v) is 29.3. The van der Waals surface area contributed by atoms with E-state index in [-0.39, 0.29) is 35.4 Å². The molecule has 5 rings (SSSR count). The minimum Gasteiger partial charge on any atom is -0.347 e. The Hall–Kier alpha value is -3.90. The first-order valence-electron chi connectivity index (χ1n) is 18.2. The van der Waals surface area contributed by atoms with Crippen LogP contribution in [0.2, 0.25) is 0 Å². The Morgan fingerprint density at radius 2 is 1.63 bits per heavy atom. The summed E-state index contributed by atoms with van der Waals surface area (Å²) in [7, 11) is 0. The first kappa shape index (κ1) is 36.4. The van der Waals surface area contributed by atoms with Gasteiger partial charge in [-0.05, 0) is 68.1 Å². The Morgan fingerprint density at radius 1 is 0.898 bits per heavy atom. The van der Waals surface area contributed by atoms with E-state index in [2.05, 4.69) is 31.2 Å². The quantitative estimate of drug-likeness (QED) is 0.230. The second-order valence-corrected chi connectivity index (χ2v) is 15.5. The molecule has 1 aliphatic heterocycles. The van der Waals surface area contributed by atoms with Gasteiger partial charge in [0, 0.05) is 25.0 Å². The molecule has 0 bridgehead atoms. The van der Waals surface area contributed by atoms with Crippen molar-refractivity contribution in [1.29, 1.82) is 0 Å². The van der Waals surface area contributed by atoms with Crippen LogP contribution in [-0.4, -0.2) is 86.9 Å². The zero-order chi connectivity index (χ0) is 35.3. The summed E-state index contributed by atoms with van der Waals surface area (Å²) in [5, 5.41) is 11.5. The maximum atomic E-state index is 14.6. The van der Waals surface area contributed by atoms with Crippen LogP contribution in [0.4, 0.5) is 0 Å². The molecule has 0 radical (unpaired) electrons. The summed E-state index contributed by atoms with van der Waals surface area (Å²) in [5.41, 5.74) is -0.638. The Morgan fingerprint density at radius 3 is 2.27 bits per heavy atom. The highest BCUT2D eigenvalue weighted by atomic mass is 16.2. The van der Waals surface area contributed by atoms with Crippen LogP contribution >= 0.6 is 0 Å². The van der Waals surface area contributed by atoms with Gasteiger partial charge in [0.1, 0.15) is 23.8 Å². The number of aromatic nitrogens is 2. The highest BCUT2D eigenvalue weighted by Gasteiger charge is 2.52. The number of carbonyl (C=O) groups is 6. The van der Waals surface area contributed by atoms with Gasteiger partial charge >= 0.3 is 0 Å². The van der Waals surface area contributed by atoms with Crippen LogP contribution in [0.1, 0.15) is 115 Å². The van der Waals surface area contributed by atoms with E-state index in [1.165, 1.54) is 18.6 Å². The van der Waals surface area contributed by atoms with E-state index in [9.17, 15) is 28.8 Å². The zero-order valence-electron chi connectivity index (χ0n) is 29.3. The van der Waals surface area contributed by atoms with Crippen LogP contribution < -0.4 is 21.3 Å². The molecule has 4 fully saturated rings. The molecule has 1 aromatic rings. The topological polar surface area (TPSA) is 180 Å². The number of nitrogens with zero attached hydrogens (tertiary/aromatic N) is 3. The average Bonchev–Trinajstić information content (AvgIpc) is 3.65. The normalized spacial score (nSPS) is 24.2. The average molecular weight is 680 g/mol. The van der Waals surface area contributed by atoms with Crippen molar-refractivity contribution in [3.8, 4) is 0 Å². The summed E-state index contributed by atoms with van der Waals surface area (Å²) in [5.74, 6) is -3.20. The summed E-state index contributed by atoms with van der Waals surface area (Å²) < 4.78 is 0. The molecule has 1 aromatic heterocycles. The van der Waals surface area contributed by atoms with Crippen molar-refractivity contribution in [3.05, 3.63) is 24.3 Å². The van der Waals surface area contributed by atoms with Crippen molar-refractivity contribution in [2.75, 3.05) is 6.54 Å². The lowest BCUT2D eigenvalue weighted by molar-refractivity contribution is -0.146. The maximum absolute atomic E-state index is 14.6. The third kappa shape index (κ3) is 8.83. The predicted molar refractivity (Wildman–Crippen MR) is 181 cm³/mol. The van der Waals surface area contributed by atoms with Gasteiger partial charge in [-0.25, -0.2) is 4.98 Å². The van der Waals surface area contributed by atoms with Crippen molar-refractivity contribution in [3.63, 3.8) is 0 Å². The fourth-order valence-electron chi connectivity index (χ4n) is 7.87. The lowest BCUT2D eigenvalue weighted by Gasteiger charge is -2.38. The van der Waals surface area contributed by atoms with Gasteiger partial charge in [0.05, 0.1) is 12.2 Å². The van der Waals surface area contributed by atoms with Gasteiger partial charge < -0.3 is 26.2 Å². The second kappa shape index (κ2) is 15.8. The third-order valence-electron chi connectivity index (χ3n) is 10.7. The lowest BCUT2D eigenvalue weighted by Crippen LogP contribution is -2.62. The van der Waals surface area contributed by atoms with Crippen molar-refractivity contribution < 1.29 is 28.8 Å². The largest absolute Gasteiger partial charge is 0.347 e. The molecule has 49 heavy (non-hydrogen) atoms. The van der Waals surface area contributed by atoms with Gasteiger partial charge in [-0.15, -0.1) is 0 Å². The van der Waals surface area contributed by atoms with Crippen LogP contribution in [0.3, 0.4) is 0 Å². The number of nitrogens with one attached hydrogen (secondary N) is 4. The molecular weight excluding hydrogens is 626 g/mol. The molecule has 6 atom stereocenters. The molecule has 4 unspecified atom stereocenters. The number of hydrogen-bond acceptors (Lipinski definition) is 8. The highest BCUT2D eigenvalue weighted by molar-refractivity contribution is 6.38. The molecule has 1 saturated heterocycles. The van der Waals surface area contributed by atoms with E-state index in [1.807, 2.05) is 27.7 Å². The van der Waals surface area contributed by atoms with Crippen molar-refractivity contribution in [1.82, 2.24) is 36.1 Å². The highest BCUT2D eigenvalue weighted by Crippen LogP contribution is 2.43. The Balaban J connectivity index is 1.36. The third-order valence-corrected chi connectivity index (χ3v) is 10.7. The van der Waals surface area contributed by atoms with Crippen molar-refractivity contribution in [2.45, 2.75) is 135 Å². The molecule has 2 heterocycles. The lowest BCUT2D eigenvalue weighted by atomic mass is 9.82. The Bertz CT molecular complexity index is 1390. The molecule has 0 spiro atoms. The van der Waals surface area contributed by atoms with Gasteiger partial charge in [-0.2, -0.15) is 0 Å². The van der Waals surface area contributed by atoms with Crippen LogP contribution in [0.25, 0.3) is 0 Å². The first-order valence-corrected chi connectivity index (χ1v) is 18.2. The molecule has 268 valence electrons. The van der Waals surface area contributed by atoms with Crippen molar-refractivity contribution in [2.24, 2.45) is 23.2 Å². The van der Waals surface area contributed by atoms with Crippen LogP contribution in [0.5, 0.6) is 0 Å². The predicted octanol–water partition coefficient (Wildman–Crippen LogP) is 2.45. The van der Waals surface area contributed by atoms with E-state index in [0.29, 0.717) is 19.4 Å². The fourth-order valence-corrected chi connectivity index (χ4v) is 7.87. The second-order valence-electron chi connectivity index (χ2n) is 15.5. The Kier molecular flexibility index (Phi) is 11.7. The number of hydrogen-bond donors (Lipinski definition) is 4. The molecule has 0 aromatic carbocycles. The van der Waals surface area contributed by atoms with Gasteiger partial charge in [-0.3, -0.25) is 33.8 Å². The van der Waals surface area contributed by atoms with Gasteiger partial charge in [-0.1, -0.05) is 59.8 Å². The van der Waals surface area contributed by atoms with E-state index in [4.69, 9.17) is 0 Å². The number of amides is 5. The van der Waals surface area contributed by atoms with Crippen LogP contribution in [0, 0.1) is 23.2 Å². The summed E-state index contributed by atoms with van der Waals surface area (Å²) in [4.78, 5) is 91.4. The minimum absolute atomic E-state index is 0.0132. The monoisotopic (exact) mass is 679 g/mol. The summed E-state index contributed by atoms with van der Waals surface area (Å²) in [6.45, 7) is 7.85. The first-order chi connectivity index (χ1) is 23.4. The molecule has 4 aliphatic rings. The minimum atomic E-state index is -0.994. The Labute approximate surface area is 288 Å². The number of Topliss-reactive ketones (excluding diaryl/α,β-unsaturated/α-hetero) is 1. The number of rotatable bonds is 13. The summed E-state index contributed by atoms with van der Waals surface area (Å²) in [6, 6.07) is -3.68. The van der Waals surface area contributed by atoms with E-state index >= 15 is 0 Å². The number of likely N-dealkylation sites (tertiary alicyclic amines) is 1. The fraction of sp³-hybridized carbons (Fsp3) is 0.722. The van der Waals surface area contributed by atoms with Gasteiger partial charge in [0.25, 0.3) is 11.8 Å². The standard InChI is InChI=1S/C36H53N7O6/c1-5-10-25(29(44)34(48)39-23-15-16-23)40-33(47)28-24-14-9-13-22(24)20-43(28)35(49)30(36(2,3)4)42-32(46)27(21-11-7-6-8-12-21)41-31(45)26-19-37-17-18-38-26/h17-19,21-25,27-28,30H,5-16,20H2,1-4H3,(H,39,48)(H,40,47)(H,41,45)(H,42,46)/t22-,24-,25?,27?,28?,30?/m0/s1. The van der Waals surface area contributed by atoms with Gasteiger partial charge in [0.2, 0.25) is 23.5 Å². The molecule has 3 aliphatic carbocycles. The van der Waals surface area contributed by atoms with E-state index < -0.39 is 59.0 Å². The molecular formula is C36H53N7O6. The SMILES string of the molecule is CCCC(NC(=O)C1[C@H]2CCC[C@H]2CN1C(=O)C(NC(=O)C(NC(=O)c1cnccn1)C1CCCCC1)C(C)(C)C)C(=O)C(=O)NC1CC1. The van der Waals surface area contributed by atoms with Gasteiger partial charge in [0.15, 0.2) is 0 Å². The van der Waals surface area contributed by atoms with Crippen LogP contribution in [-0.2, 0) is 24.0 Å². The summed E-state index contributed by atoms with van der Waals surface area (Å²) >= 11 is 0. The molecule has 4 N–H and O–H groups in total. The molecule has 3 saturated carbocycles. The molecule has 13 nitrogen and oxygen atoms in total. The number of ketones is 1. The summed E-state index contributed by atoms with van der Waals surface area (Å²) in [6.07, 6.45) is 13.9. The van der Waals surface area contributed by atoms with E-state index in [1.54, 1.807) is 4.90 Å². The van der Waals surface area contributed by atoms with Crippen molar-refractivity contribution >= 4 is 35.3 Å². The smallest absolute Gasteiger partial charge is 0.289 e. The van der Waals surface area contributed by atoms with Crippen LogP contribution in [0.15, 0.2) is 18.6 Å². The molecule has 5 amide bonds. The maximum Gasteiger partial charge on any atom is 0.289 e. The number of fused-ring (bicyclic) bond motifs is 1. The number of carbonyl (C=O) groups excluding carboxylic acids is 6. The van der Waals surface area contributed by atoms with E-state index in [0.717, 1.165) is 64.2 Å².